The van der Waals surface area contributed by atoms with Crippen LogP contribution in [-0.2, 0) is 20.9 Å². The van der Waals surface area contributed by atoms with Crippen LogP contribution in [0.4, 0.5) is 26.3 Å². The monoisotopic (exact) mass is 507 g/mol. The standard InChI is InChI=1S/C14H21N3OS.2C2HF3O2/c1-2-6-18-13-8-12-9-16(4-5-17(12)10-13)11-14-15-3-7-19-14;2*3-2(4,5)1(6)7/h2-3,7,12-13H,1,4-6,8-11H2;2*(H,6,7). The van der Waals surface area contributed by atoms with Crippen molar-refractivity contribution in [3.63, 3.8) is 0 Å². The van der Waals surface area contributed by atoms with Crippen LogP contribution in [0.15, 0.2) is 24.2 Å². The Morgan fingerprint density at radius 2 is 1.73 bits per heavy atom. The van der Waals surface area contributed by atoms with Crippen LogP contribution >= 0.6 is 11.3 Å². The lowest BCUT2D eigenvalue weighted by Crippen LogP contribution is -2.49. The normalized spacial score (nSPS) is 21.2. The van der Waals surface area contributed by atoms with Gasteiger partial charge in [0.05, 0.1) is 19.3 Å². The zero-order chi connectivity index (χ0) is 25.2. The molecule has 0 saturated carbocycles. The predicted molar refractivity (Wildman–Crippen MR) is 105 cm³/mol. The van der Waals surface area contributed by atoms with Gasteiger partial charge in [0.1, 0.15) is 5.01 Å². The number of rotatable bonds is 5. The third-order valence-corrected chi connectivity index (χ3v) is 5.20. The molecule has 1 aromatic rings. The maximum absolute atomic E-state index is 10.6. The van der Waals surface area contributed by atoms with Crippen LogP contribution < -0.4 is 0 Å². The first-order valence-corrected chi connectivity index (χ1v) is 10.3. The first-order chi connectivity index (χ1) is 15.2. The largest absolute Gasteiger partial charge is 0.490 e. The van der Waals surface area contributed by atoms with Gasteiger partial charge in [-0.25, -0.2) is 14.6 Å². The van der Waals surface area contributed by atoms with Gasteiger partial charge in [-0.2, -0.15) is 26.3 Å². The lowest BCUT2D eigenvalue weighted by atomic mass is 10.1. The summed E-state index contributed by atoms with van der Waals surface area (Å²) in [4.78, 5) is 27.3. The number of thiazole rings is 1. The molecule has 0 aromatic carbocycles. The molecule has 1 aromatic heterocycles. The van der Waals surface area contributed by atoms with E-state index in [0.29, 0.717) is 18.8 Å². The molecule has 2 atom stereocenters. The number of alkyl halides is 6. The van der Waals surface area contributed by atoms with Crippen LogP contribution in [0.1, 0.15) is 11.4 Å². The number of hydrogen-bond donors (Lipinski definition) is 2. The predicted octanol–water partition coefficient (Wildman–Crippen LogP) is 2.87. The molecule has 0 spiro atoms. The van der Waals surface area contributed by atoms with E-state index in [4.69, 9.17) is 24.5 Å². The van der Waals surface area contributed by atoms with Crippen LogP contribution in [0.2, 0.25) is 0 Å². The second kappa shape index (κ2) is 12.9. The van der Waals surface area contributed by atoms with Gasteiger partial charge in [0.25, 0.3) is 0 Å². The summed E-state index contributed by atoms with van der Waals surface area (Å²) in [7, 11) is 0. The van der Waals surface area contributed by atoms with E-state index in [1.807, 2.05) is 12.3 Å². The summed E-state index contributed by atoms with van der Waals surface area (Å²) in [5.41, 5.74) is 0. The third-order valence-electron chi connectivity index (χ3n) is 4.44. The van der Waals surface area contributed by atoms with Gasteiger partial charge in [-0.1, -0.05) is 6.08 Å². The molecule has 0 bridgehead atoms. The zero-order valence-corrected chi connectivity index (χ0v) is 18.0. The Balaban J connectivity index is 0.000000324. The average molecular weight is 507 g/mol. The van der Waals surface area contributed by atoms with Crippen molar-refractivity contribution in [3.05, 3.63) is 29.2 Å². The Morgan fingerprint density at radius 3 is 2.18 bits per heavy atom. The number of aromatic nitrogens is 1. The number of halogens is 6. The Morgan fingerprint density at radius 1 is 1.15 bits per heavy atom. The van der Waals surface area contributed by atoms with Gasteiger partial charge >= 0.3 is 24.3 Å². The molecule has 188 valence electrons. The molecule has 2 saturated heterocycles. The minimum atomic E-state index is -5.08. The van der Waals surface area contributed by atoms with Gasteiger partial charge in [-0.3, -0.25) is 9.80 Å². The van der Waals surface area contributed by atoms with Crippen molar-refractivity contribution in [2.24, 2.45) is 0 Å². The SMILES string of the molecule is C=CCOC1CC2CN(Cc3nccs3)CCN2C1.O=C(O)C(F)(F)F.O=C(O)C(F)(F)F. The fourth-order valence-corrected chi connectivity index (χ4v) is 3.71. The summed E-state index contributed by atoms with van der Waals surface area (Å²) in [6.07, 6.45) is -4.89. The Bertz CT molecular complexity index is 736. The average Bonchev–Trinajstić information content (AvgIpc) is 3.35. The highest BCUT2D eigenvalue weighted by Gasteiger charge is 2.39. The minimum Gasteiger partial charge on any atom is -0.475 e. The van der Waals surface area contributed by atoms with Crippen molar-refractivity contribution < 1.29 is 50.9 Å². The number of carboxylic acid groups (broad SMARTS) is 2. The van der Waals surface area contributed by atoms with Gasteiger partial charge in [0, 0.05) is 43.8 Å². The second-order valence-corrected chi connectivity index (χ2v) is 7.87. The Labute approximate surface area is 189 Å². The van der Waals surface area contributed by atoms with Crippen LogP contribution in [0.25, 0.3) is 0 Å². The molecular formula is C18H23F6N3O5S. The van der Waals surface area contributed by atoms with E-state index >= 15 is 0 Å². The first kappa shape index (κ1) is 28.8. The molecule has 2 unspecified atom stereocenters. The molecule has 0 radical (unpaired) electrons. The van der Waals surface area contributed by atoms with E-state index in [-0.39, 0.29) is 0 Å². The molecule has 2 fully saturated rings. The first-order valence-electron chi connectivity index (χ1n) is 9.41. The van der Waals surface area contributed by atoms with Crippen molar-refractivity contribution in [3.8, 4) is 0 Å². The number of aliphatic carboxylic acids is 2. The second-order valence-electron chi connectivity index (χ2n) is 6.90. The molecule has 3 rings (SSSR count). The lowest BCUT2D eigenvalue weighted by molar-refractivity contribution is -0.193. The molecule has 2 aliphatic heterocycles. The topological polar surface area (TPSA) is 103 Å². The molecule has 15 heteroatoms. The highest BCUT2D eigenvalue weighted by molar-refractivity contribution is 7.09. The summed E-state index contributed by atoms with van der Waals surface area (Å²) >= 11 is 1.75. The number of hydrogen-bond acceptors (Lipinski definition) is 7. The molecule has 2 N–H and O–H groups in total. The summed E-state index contributed by atoms with van der Waals surface area (Å²) in [5, 5.41) is 17.5. The maximum atomic E-state index is 10.6. The van der Waals surface area contributed by atoms with E-state index in [2.05, 4.69) is 26.7 Å². The lowest BCUT2D eigenvalue weighted by Gasteiger charge is -2.36. The Hall–Kier alpha value is -2.23. The van der Waals surface area contributed by atoms with E-state index in [9.17, 15) is 26.3 Å². The zero-order valence-electron chi connectivity index (χ0n) is 17.2. The van der Waals surface area contributed by atoms with Crippen LogP contribution in [0.3, 0.4) is 0 Å². The Kier molecular flexibility index (Phi) is 11.2. The van der Waals surface area contributed by atoms with Crippen molar-refractivity contribution in [2.75, 3.05) is 32.8 Å². The van der Waals surface area contributed by atoms with Gasteiger partial charge in [-0.15, -0.1) is 17.9 Å². The van der Waals surface area contributed by atoms with Gasteiger partial charge in [0.15, 0.2) is 0 Å². The molecular weight excluding hydrogens is 484 g/mol. The fourth-order valence-electron chi connectivity index (χ4n) is 3.05. The molecule has 2 aliphatic rings. The summed E-state index contributed by atoms with van der Waals surface area (Å²) < 4.78 is 69.3. The van der Waals surface area contributed by atoms with Crippen LogP contribution in [-0.4, -0.2) is 94.2 Å². The van der Waals surface area contributed by atoms with Crippen LogP contribution in [0.5, 0.6) is 0 Å². The van der Waals surface area contributed by atoms with Crippen molar-refractivity contribution in [1.82, 2.24) is 14.8 Å². The van der Waals surface area contributed by atoms with Crippen molar-refractivity contribution in [2.45, 2.75) is 37.5 Å². The van der Waals surface area contributed by atoms with Gasteiger partial charge in [0.2, 0.25) is 0 Å². The summed E-state index contributed by atoms with van der Waals surface area (Å²) in [5.74, 6) is -5.51. The molecule has 0 amide bonds. The number of fused-ring (bicyclic) bond motifs is 1. The third kappa shape index (κ3) is 11.0. The van der Waals surface area contributed by atoms with E-state index < -0.39 is 24.3 Å². The van der Waals surface area contributed by atoms with E-state index in [1.54, 1.807) is 11.3 Å². The number of piperazine rings is 1. The maximum Gasteiger partial charge on any atom is 0.490 e. The van der Waals surface area contributed by atoms with E-state index in [1.165, 1.54) is 5.01 Å². The van der Waals surface area contributed by atoms with Gasteiger partial charge < -0.3 is 14.9 Å². The van der Waals surface area contributed by atoms with Crippen molar-refractivity contribution >= 4 is 23.3 Å². The number of ether oxygens (including phenoxy) is 1. The molecule has 33 heavy (non-hydrogen) atoms. The van der Waals surface area contributed by atoms with E-state index in [0.717, 1.165) is 39.1 Å². The van der Waals surface area contributed by atoms with Crippen LogP contribution in [0, 0.1) is 0 Å². The smallest absolute Gasteiger partial charge is 0.475 e. The quantitative estimate of drug-likeness (QED) is 0.464. The fraction of sp³-hybridized carbons (Fsp3) is 0.611. The number of carboxylic acids is 2. The van der Waals surface area contributed by atoms with Crippen molar-refractivity contribution in [1.29, 1.82) is 0 Å². The minimum absolute atomic E-state index is 0.391. The summed E-state index contributed by atoms with van der Waals surface area (Å²) in [6, 6.07) is 0.656. The highest BCUT2D eigenvalue weighted by Crippen LogP contribution is 2.25. The number of nitrogens with zero attached hydrogens (tertiary/aromatic N) is 3. The molecule has 0 aliphatic carbocycles. The summed E-state index contributed by atoms with van der Waals surface area (Å²) in [6.45, 7) is 9.92. The van der Waals surface area contributed by atoms with Gasteiger partial charge in [-0.05, 0) is 6.42 Å². The number of carbonyl (C=O) groups is 2. The molecule has 3 heterocycles. The molecule has 8 nitrogen and oxygen atoms in total. The highest BCUT2D eigenvalue weighted by atomic mass is 32.1.